The zero-order valence-electron chi connectivity index (χ0n) is 12.9. The molecule has 116 valence electrons. The molecule has 0 unspecified atom stereocenters. The van der Waals surface area contributed by atoms with Gasteiger partial charge in [0.25, 0.3) is 0 Å². The lowest BCUT2D eigenvalue weighted by atomic mass is 10.2. The van der Waals surface area contributed by atoms with Crippen LogP contribution < -0.4 is 4.90 Å². The molecule has 1 fully saturated rings. The Balaban J connectivity index is 1.83. The molecule has 21 heavy (non-hydrogen) atoms. The summed E-state index contributed by atoms with van der Waals surface area (Å²) >= 11 is 0. The minimum Gasteiger partial charge on any atom is -0.369 e. The molecule has 0 aromatic heterocycles. The van der Waals surface area contributed by atoms with Gasteiger partial charge in [0.05, 0.1) is 6.54 Å². The standard InChI is InChI=1S/C16H24FN3O/c1-3-19(4-2)16(21)13-18-9-11-20(12-10-18)15-7-5-14(17)6-8-15/h5-8H,3-4,9-13H2,1-2H3. The molecule has 2 rings (SSSR count). The van der Waals surface area contributed by atoms with Crippen LogP contribution in [0.15, 0.2) is 24.3 Å². The van der Waals surface area contributed by atoms with Gasteiger partial charge in [-0.25, -0.2) is 4.39 Å². The first-order valence-electron chi connectivity index (χ1n) is 7.64. The lowest BCUT2D eigenvalue weighted by Crippen LogP contribution is -2.50. The average Bonchev–Trinajstić information content (AvgIpc) is 2.50. The van der Waals surface area contributed by atoms with Gasteiger partial charge in [-0.15, -0.1) is 0 Å². The van der Waals surface area contributed by atoms with Gasteiger partial charge < -0.3 is 9.80 Å². The van der Waals surface area contributed by atoms with Gasteiger partial charge >= 0.3 is 0 Å². The monoisotopic (exact) mass is 293 g/mol. The summed E-state index contributed by atoms with van der Waals surface area (Å²) in [6.45, 7) is 9.53. The number of benzene rings is 1. The topological polar surface area (TPSA) is 26.8 Å². The summed E-state index contributed by atoms with van der Waals surface area (Å²) in [6, 6.07) is 6.61. The van der Waals surface area contributed by atoms with Crippen LogP contribution in [0.4, 0.5) is 10.1 Å². The van der Waals surface area contributed by atoms with E-state index in [9.17, 15) is 9.18 Å². The lowest BCUT2D eigenvalue weighted by molar-refractivity contribution is -0.132. The SMILES string of the molecule is CCN(CC)C(=O)CN1CCN(c2ccc(F)cc2)CC1. The summed E-state index contributed by atoms with van der Waals surface area (Å²) in [4.78, 5) is 18.4. The highest BCUT2D eigenvalue weighted by Crippen LogP contribution is 2.16. The predicted molar refractivity (Wildman–Crippen MR) is 83.0 cm³/mol. The maximum absolute atomic E-state index is 12.9. The third-order valence-electron chi connectivity index (χ3n) is 4.04. The van der Waals surface area contributed by atoms with Crippen molar-refractivity contribution in [3.8, 4) is 0 Å². The fourth-order valence-electron chi connectivity index (χ4n) is 2.68. The molecule has 0 atom stereocenters. The summed E-state index contributed by atoms with van der Waals surface area (Å²) < 4.78 is 12.9. The Bertz CT molecular complexity index is 451. The first kappa shape index (κ1) is 15.8. The average molecular weight is 293 g/mol. The number of hydrogen-bond donors (Lipinski definition) is 0. The van der Waals surface area contributed by atoms with Gasteiger partial charge in [0.1, 0.15) is 5.82 Å². The number of halogens is 1. The predicted octanol–water partition coefficient (Wildman–Crippen LogP) is 1.82. The molecule has 1 aromatic carbocycles. The first-order valence-corrected chi connectivity index (χ1v) is 7.64. The molecule has 1 aliphatic rings. The van der Waals surface area contributed by atoms with Crippen LogP contribution in [-0.4, -0.2) is 61.5 Å². The maximum Gasteiger partial charge on any atom is 0.236 e. The summed E-state index contributed by atoms with van der Waals surface area (Å²) in [5.74, 6) is -0.00237. The van der Waals surface area contributed by atoms with Crippen molar-refractivity contribution in [2.45, 2.75) is 13.8 Å². The molecule has 0 spiro atoms. The first-order chi connectivity index (χ1) is 10.1. The number of carbonyl (C=O) groups is 1. The number of hydrogen-bond acceptors (Lipinski definition) is 3. The second kappa shape index (κ2) is 7.41. The van der Waals surface area contributed by atoms with Crippen molar-refractivity contribution < 1.29 is 9.18 Å². The zero-order chi connectivity index (χ0) is 15.2. The van der Waals surface area contributed by atoms with Gasteiger partial charge in [-0.05, 0) is 38.1 Å². The fourth-order valence-corrected chi connectivity index (χ4v) is 2.68. The fraction of sp³-hybridized carbons (Fsp3) is 0.562. The van der Waals surface area contributed by atoms with Gasteiger partial charge in [0, 0.05) is 45.0 Å². The Morgan fingerprint density at radius 2 is 1.67 bits per heavy atom. The van der Waals surface area contributed by atoms with Crippen LogP contribution in [0, 0.1) is 5.82 Å². The molecular weight excluding hydrogens is 269 g/mol. The van der Waals surface area contributed by atoms with Crippen molar-refractivity contribution in [3.63, 3.8) is 0 Å². The highest BCUT2D eigenvalue weighted by molar-refractivity contribution is 5.78. The third-order valence-corrected chi connectivity index (χ3v) is 4.04. The van der Waals surface area contributed by atoms with Gasteiger partial charge in [-0.1, -0.05) is 0 Å². The summed E-state index contributed by atoms with van der Waals surface area (Å²) in [5, 5.41) is 0. The molecule has 0 bridgehead atoms. The number of anilines is 1. The number of carbonyl (C=O) groups excluding carboxylic acids is 1. The Morgan fingerprint density at radius 1 is 1.10 bits per heavy atom. The maximum atomic E-state index is 12.9. The molecule has 0 aliphatic carbocycles. The summed E-state index contributed by atoms with van der Waals surface area (Å²) in [6.07, 6.45) is 0. The van der Waals surface area contributed by atoms with Gasteiger partial charge in [0.15, 0.2) is 0 Å². The van der Waals surface area contributed by atoms with E-state index in [0.29, 0.717) is 6.54 Å². The van der Waals surface area contributed by atoms with E-state index in [1.165, 1.54) is 12.1 Å². The number of likely N-dealkylation sites (N-methyl/N-ethyl adjacent to an activating group) is 1. The van der Waals surface area contributed by atoms with Crippen LogP contribution in [0.2, 0.25) is 0 Å². The second-order valence-electron chi connectivity index (χ2n) is 5.31. The minimum absolute atomic E-state index is 0.204. The minimum atomic E-state index is -0.206. The molecule has 1 heterocycles. The second-order valence-corrected chi connectivity index (χ2v) is 5.31. The van der Waals surface area contributed by atoms with E-state index in [4.69, 9.17) is 0 Å². The number of nitrogens with zero attached hydrogens (tertiary/aromatic N) is 3. The molecule has 1 amide bonds. The van der Waals surface area contributed by atoms with Crippen LogP contribution >= 0.6 is 0 Å². The highest BCUT2D eigenvalue weighted by Gasteiger charge is 2.20. The van der Waals surface area contributed by atoms with E-state index in [-0.39, 0.29) is 11.7 Å². The van der Waals surface area contributed by atoms with E-state index in [1.54, 1.807) is 0 Å². The number of amides is 1. The molecule has 4 nitrogen and oxygen atoms in total. The van der Waals surface area contributed by atoms with E-state index >= 15 is 0 Å². The lowest BCUT2D eigenvalue weighted by Gasteiger charge is -2.36. The highest BCUT2D eigenvalue weighted by atomic mass is 19.1. The van der Waals surface area contributed by atoms with Crippen molar-refractivity contribution in [1.82, 2.24) is 9.80 Å². The van der Waals surface area contributed by atoms with E-state index < -0.39 is 0 Å². The van der Waals surface area contributed by atoms with Crippen LogP contribution in [-0.2, 0) is 4.79 Å². The largest absolute Gasteiger partial charge is 0.369 e. The van der Waals surface area contributed by atoms with Crippen molar-refractivity contribution in [1.29, 1.82) is 0 Å². The zero-order valence-corrected chi connectivity index (χ0v) is 12.9. The molecule has 5 heteroatoms. The van der Waals surface area contributed by atoms with Crippen molar-refractivity contribution in [2.75, 3.05) is 50.7 Å². The van der Waals surface area contributed by atoms with Crippen LogP contribution in [0.25, 0.3) is 0 Å². The number of piperazine rings is 1. The smallest absolute Gasteiger partial charge is 0.236 e. The Labute approximate surface area is 126 Å². The molecule has 1 aromatic rings. The summed E-state index contributed by atoms with van der Waals surface area (Å²) in [5.41, 5.74) is 1.05. The van der Waals surface area contributed by atoms with E-state index in [0.717, 1.165) is 45.0 Å². The normalized spacial score (nSPS) is 16.0. The van der Waals surface area contributed by atoms with Crippen LogP contribution in [0.1, 0.15) is 13.8 Å². The van der Waals surface area contributed by atoms with Crippen molar-refractivity contribution >= 4 is 11.6 Å². The Hall–Kier alpha value is -1.62. The van der Waals surface area contributed by atoms with Gasteiger partial charge in [-0.3, -0.25) is 9.69 Å². The Kier molecular flexibility index (Phi) is 5.56. The Morgan fingerprint density at radius 3 is 2.19 bits per heavy atom. The van der Waals surface area contributed by atoms with Crippen molar-refractivity contribution in [3.05, 3.63) is 30.1 Å². The quantitative estimate of drug-likeness (QED) is 0.828. The van der Waals surface area contributed by atoms with Crippen molar-refractivity contribution in [2.24, 2.45) is 0 Å². The molecule has 1 saturated heterocycles. The van der Waals surface area contributed by atoms with E-state index in [2.05, 4.69) is 9.80 Å². The molecule has 0 radical (unpaired) electrons. The van der Waals surface area contributed by atoms with Gasteiger partial charge in [0.2, 0.25) is 5.91 Å². The third kappa shape index (κ3) is 4.17. The number of rotatable bonds is 5. The van der Waals surface area contributed by atoms with E-state index in [1.807, 2.05) is 30.9 Å². The molecule has 1 aliphatic heterocycles. The summed E-state index contributed by atoms with van der Waals surface area (Å²) in [7, 11) is 0. The van der Waals surface area contributed by atoms with Gasteiger partial charge in [-0.2, -0.15) is 0 Å². The molecule has 0 saturated carbocycles. The van der Waals surface area contributed by atoms with Crippen LogP contribution in [0.3, 0.4) is 0 Å². The molecular formula is C16H24FN3O. The van der Waals surface area contributed by atoms with Crippen LogP contribution in [0.5, 0.6) is 0 Å². The molecule has 0 N–H and O–H groups in total.